The number of para-hydroxylation sites is 1. The fourth-order valence-electron chi connectivity index (χ4n) is 7.24. The van der Waals surface area contributed by atoms with Gasteiger partial charge < -0.3 is 4.90 Å². The van der Waals surface area contributed by atoms with Crippen LogP contribution in [-0.4, -0.2) is 0 Å². The second-order valence-corrected chi connectivity index (χ2v) is 11.0. The fourth-order valence-corrected chi connectivity index (χ4v) is 7.24. The quantitative estimate of drug-likeness (QED) is 0.211. The molecule has 3 nitrogen and oxygen atoms in total. The summed E-state index contributed by atoms with van der Waals surface area (Å²) in [7, 11) is 0. The molecule has 5 aromatic carbocycles. The lowest BCUT2D eigenvalue weighted by Gasteiger charge is -2.46. The van der Waals surface area contributed by atoms with Crippen molar-refractivity contribution in [1.82, 2.24) is 0 Å². The first-order valence-electron chi connectivity index (χ1n) is 13.8. The molecule has 1 aliphatic carbocycles. The minimum atomic E-state index is -0.564. The Hall–Kier alpha value is -5.38. The fraction of sp³-hybridized carbons (Fsp3) is 0.105. The van der Waals surface area contributed by atoms with Gasteiger partial charge in [0.15, 0.2) is 0 Å². The highest BCUT2D eigenvalue weighted by atomic mass is 15.2. The number of allylic oxidation sites excluding steroid dienone is 1. The lowest BCUT2D eigenvalue weighted by Crippen LogP contribution is -2.36. The van der Waals surface area contributed by atoms with E-state index in [4.69, 9.17) is 0 Å². The second kappa shape index (κ2) is 9.09. The van der Waals surface area contributed by atoms with E-state index in [1.54, 1.807) is 6.08 Å². The van der Waals surface area contributed by atoms with Crippen LogP contribution in [0.25, 0.3) is 17.2 Å². The molecule has 1 aliphatic heterocycles. The van der Waals surface area contributed by atoms with Crippen LogP contribution in [0.15, 0.2) is 109 Å². The van der Waals surface area contributed by atoms with Gasteiger partial charge in [0.2, 0.25) is 0 Å². The molecule has 1 spiro atoms. The van der Waals surface area contributed by atoms with Crippen LogP contribution in [-0.2, 0) is 5.41 Å². The number of anilines is 3. The Balaban J connectivity index is 1.66. The topological polar surface area (TPSA) is 50.8 Å². The van der Waals surface area contributed by atoms with Crippen LogP contribution in [0.4, 0.5) is 17.1 Å². The predicted molar refractivity (Wildman–Crippen MR) is 165 cm³/mol. The normalized spacial score (nSPS) is 13.3. The van der Waals surface area contributed by atoms with Gasteiger partial charge in [0, 0.05) is 0 Å². The molecular weight excluding hydrogens is 498 g/mol. The van der Waals surface area contributed by atoms with Crippen molar-refractivity contribution in [3.63, 3.8) is 0 Å². The van der Waals surface area contributed by atoms with Gasteiger partial charge >= 0.3 is 0 Å². The highest BCUT2D eigenvalue weighted by Gasteiger charge is 2.51. The van der Waals surface area contributed by atoms with Gasteiger partial charge in [0.1, 0.15) is 17.7 Å². The number of fused-ring (bicyclic) bond motifs is 9. The maximum Gasteiger partial charge on any atom is 0.130 e. The summed E-state index contributed by atoms with van der Waals surface area (Å²) in [6.45, 7) is 6.51. The molecule has 0 amide bonds. The van der Waals surface area contributed by atoms with Crippen LogP contribution >= 0.6 is 0 Å². The van der Waals surface area contributed by atoms with Gasteiger partial charge in [-0.15, -0.1) is 0 Å². The zero-order valence-corrected chi connectivity index (χ0v) is 23.2. The number of nitriles is 2. The molecule has 0 radical (unpaired) electrons. The van der Waals surface area contributed by atoms with E-state index in [-0.39, 0.29) is 5.57 Å². The Bertz CT molecular complexity index is 1930. The van der Waals surface area contributed by atoms with Crippen molar-refractivity contribution in [2.75, 3.05) is 4.90 Å². The lowest BCUT2D eigenvalue weighted by molar-refractivity contribution is 0.752. The summed E-state index contributed by atoms with van der Waals surface area (Å²) >= 11 is 0. The molecule has 0 fully saturated rings. The zero-order valence-electron chi connectivity index (χ0n) is 23.2. The molecule has 0 N–H and O–H groups in total. The van der Waals surface area contributed by atoms with E-state index < -0.39 is 5.41 Å². The predicted octanol–water partition coefficient (Wildman–Crippen LogP) is 9.19. The van der Waals surface area contributed by atoms with Gasteiger partial charge in [0.25, 0.3) is 0 Å². The second-order valence-electron chi connectivity index (χ2n) is 11.0. The summed E-state index contributed by atoms with van der Waals surface area (Å²) in [5.74, 6) is 0. The van der Waals surface area contributed by atoms with Crippen molar-refractivity contribution < 1.29 is 0 Å². The van der Waals surface area contributed by atoms with Crippen molar-refractivity contribution in [2.24, 2.45) is 0 Å². The molecule has 7 rings (SSSR count). The van der Waals surface area contributed by atoms with Gasteiger partial charge in [-0.05, 0) is 95.1 Å². The molecule has 0 atom stereocenters. The maximum atomic E-state index is 9.55. The molecule has 0 unspecified atom stereocenters. The van der Waals surface area contributed by atoms with Crippen LogP contribution in [0.3, 0.4) is 0 Å². The summed E-state index contributed by atoms with van der Waals surface area (Å²) in [6, 6.07) is 41.1. The molecular formula is C38H27N3. The van der Waals surface area contributed by atoms with E-state index in [0.717, 1.165) is 22.5 Å². The number of nitrogens with zero attached hydrogens (tertiary/aromatic N) is 3. The molecule has 41 heavy (non-hydrogen) atoms. The van der Waals surface area contributed by atoms with E-state index in [1.165, 1.54) is 50.2 Å². The third kappa shape index (κ3) is 3.37. The SMILES string of the molecule is Cc1cc(C)c(N2c3ccccc3C3(c4ccccc4-c4ccccc43)c3cc(C=C(C#N)C#N)ccc32)c(C)c1. The monoisotopic (exact) mass is 525 g/mol. The number of aryl methyl sites for hydroxylation is 3. The minimum absolute atomic E-state index is 0.0875. The maximum absolute atomic E-state index is 9.55. The van der Waals surface area contributed by atoms with Gasteiger partial charge in [0.05, 0.1) is 22.5 Å². The first-order chi connectivity index (χ1) is 20.0. The first-order valence-corrected chi connectivity index (χ1v) is 13.8. The number of rotatable bonds is 2. The van der Waals surface area contributed by atoms with Crippen LogP contribution in [0, 0.1) is 43.4 Å². The van der Waals surface area contributed by atoms with Crippen molar-refractivity contribution in [2.45, 2.75) is 26.2 Å². The smallest absolute Gasteiger partial charge is 0.130 e. The van der Waals surface area contributed by atoms with E-state index >= 15 is 0 Å². The highest BCUT2D eigenvalue weighted by Crippen LogP contribution is 2.63. The van der Waals surface area contributed by atoms with Gasteiger partial charge in [-0.25, -0.2) is 0 Å². The Kier molecular flexibility index (Phi) is 5.46. The molecule has 0 bridgehead atoms. The van der Waals surface area contributed by atoms with Crippen molar-refractivity contribution >= 4 is 23.1 Å². The summed E-state index contributed by atoms with van der Waals surface area (Å²) < 4.78 is 0. The molecule has 194 valence electrons. The van der Waals surface area contributed by atoms with Crippen LogP contribution in [0.5, 0.6) is 0 Å². The van der Waals surface area contributed by atoms with Crippen molar-refractivity contribution in [1.29, 1.82) is 10.5 Å². The number of hydrogen-bond donors (Lipinski definition) is 0. The molecule has 3 heteroatoms. The van der Waals surface area contributed by atoms with E-state index in [2.05, 4.69) is 123 Å². The highest BCUT2D eigenvalue weighted by molar-refractivity contribution is 5.97. The van der Waals surface area contributed by atoms with E-state index in [1.807, 2.05) is 18.2 Å². The molecule has 2 aliphatic rings. The summed E-state index contributed by atoms with van der Waals surface area (Å²) in [5, 5.41) is 19.1. The standard InChI is InChI=1S/C38H27N3/c1-24-18-25(2)37(26(3)19-24)41-35-15-9-8-14-33(35)38(34-21-27(16-17-36(34)41)20-28(22-39)23-40)31-12-6-4-10-29(31)30-11-5-7-13-32(30)38/h4-21H,1-3H3. The summed E-state index contributed by atoms with van der Waals surface area (Å²) in [5.41, 5.74) is 14.8. The molecule has 0 saturated carbocycles. The number of benzene rings is 5. The minimum Gasteiger partial charge on any atom is -0.309 e. The molecule has 0 aromatic heterocycles. The zero-order chi connectivity index (χ0) is 28.3. The van der Waals surface area contributed by atoms with Crippen LogP contribution in [0.2, 0.25) is 0 Å². The Morgan fingerprint density at radius 2 is 1.17 bits per heavy atom. The summed E-state index contributed by atoms with van der Waals surface area (Å²) in [6.07, 6.45) is 1.69. The Morgan fingerprint density at radius 1 is 0.634 bits per heavy atom. The van der Waals surface area contributed by atoms with E-state index in [0.29, 0.717) is 0 Å². The molecule has 5 aromatic rings. The van der Waals surface area contributed by atoms with Crippen molar-refractivity contribution in [3.05, 3.63) is 153 Å². The average molecular weight is 526 g/mol. The Morgan fingerprint density at radius 3 is 1.78 bits per heavy atom. The first kappa shape index (κ1) is 24.6. The van der Waals surface area contributed by atoms with E-state index in [9.17, 15) is 10.5 Å². The largest absolute Gasteiger partial charge is 0.309 e. The molecule has 0 saturated heterocycles. The van der Waals surface area contributed by atoms with Crippen LogP contribution in [0.1, 0.15) is 44.5 Å². The van der Waals surface area contributed by atoms with Gasteiger partial charge in [-0.3, -0.25) is 0 Å². The summed E-state index contributed by atoms with van der Waals surface area (Å²) in [4.78, 5) is 2.41. The lowest BCUT2D eigenvalue weighted by atomic mass is 9.64. The third-order valence-corrected chi connectivity index (χ3v) is 8.58. The Labute approximate surface area is 240 Å². The molecule has 1 heterocycles. The average Bonchev–Trinajstić information content (AvgIpc) is 3.28. The third-order valence-electron chi connectivity index (χ3n) is 8.58. The van der Waals surface area contributed by atoms with Gasteiger partial charge in [-0.1, -0.05) is 90.5 Å². The van der Waals surface area contributed by atoms with Crippen LogP contribution < -0.4 is 4.90 Å². The number of hydrogen-bond acceptors (Lipinski definition) is 3. The van der Waals surface area contributed by atoms with Crippen molar-refractivity contribution in [3.8, 4) is 23.3 Å². The van der Waals surface area contributed by atoms with Gasteiger partial charge in [-0.2, -0.15) is 10.5 Å².